The molecule has 14 heavy (non-hydrogen) atoms. The molecule has 1 aliphatic rings. The third-order valence-corrected chi connectivity index (χ3v) is 3.03. The van der Waals surface area contributed by atoms with Crippen molar-refractivity contribution in [3.8, 4) is 0 Å². The Kier molecular flexibility index (Phi) is 2.85. The second-order valence-corrected chi connectivity index (χ2v) is 4.25. The lowest BCUT2D eigenvalue weighted by molar-refractivity contribution is 0.132. The third-order valence-electron chi connectivity index (χ3n) is 3.03. The van der Waals surface area contributed by atoms with Gasteiger partial charge in [0.05, 0.1) is 6.10 Å². The van der Waals surface area contributed by atoms with Gasteiger partial charge < -0.3 is 10.8 Å². The average Bonchev–Trinajstić information content (AvgIpc) is 2.47. The minimum Gasteiger partial charge on any atom is -0.393 e. The highest BCUT2D eigenvalue weighted by Gasteiger charge is 2.30. The monoisotopic (exact) mass is 191 g/mol. The number of aliphatic hydroxyl groups is 1. The minimum absolute atomic E-state index is 0.193. The van der Waals surface area contributed by atoms with Crippen molar-refractivity contribution in [3.63, 3.8) is 0 Å². The van der Waals surface area contributed by atoms with Crippen LogP contribution in [0.25, 0.3) is 0 Å². The van der Waals surface area contributed by atoms with E-state index in [-0.39, 0.29) is 12.1 Å². The lowest BCUT2D eigenvalue weighted by Gasteiger charge is -2.13. The van der Waals surface area contributed by atoms with Crippen LogP contribution < -0.4 is 5.73 Å². The van der Waals surface area contributed by atoms with Gasteiger partial charge in [-0.25, -0.2) is 0 Å². The zero-order valence-corrected chi connectivity index (χ0v) is 8.26. The van der Waals surface area contributed by atoms with Gasteiger partial charge in [-0.05, 0) is 30.7 Å². The van der Waals surface area contributed by atoms with Gasteiger partial charge in [-0.1, -0.05) is 30.3 Å². The van der Waals surface area contributed by atoms with E-state index in [1.165, 1.54) is 5.56 Å². The number of aliphatic hydroxyl groups excluding tert-OH is 1. The van der Waals surface area contributed by atoms with Crippen LogP contribution in [0.15, 0.2) is 30.3 Å². The molecule has 3 N–H and O–H groups in total. The fourth-order valence-corrected chi connectivity index (χ4v) is 2.28. The predicted octanol–water partition coefficient (Wildman–Crippen LogP) is 1.33. The molecule has 0 spiro atoms. The van der Waals surface area contributed by atoms with Crippen LogP contribution in [0.2, 0.25) is 0 Å². The smallest absolute Gasteiger partial charge is 0.0586 e. The Bertz CT molecular complexity index is 286. The van der Waals surface area contributed by atoms with E-state index in [9.17, 15) is 5.11 Å². The average molecular weight is 191 g/mol. The molecule has 0 radical (unpaired) electrons. The van der Waals surface area contributed by atoms with Gasteiger partial charge in [0.1, 0.15) is 0 Å². The largest absolute Gasteiger partial charge is 0.393 e. The summed E-state index contributed by atoms with van der Waals surface area (Å²) < 4.78 is 0. The molecule has 2 heteroatoms. The zero-order chi connectivity index (χ0) is 9.97. The van der Waals surface area contributed by atoms with Crippen molar-refractivity contribution in [1.29, 1.82) is 0 Å². The van der Waals surface area contributed by atoms with Crippen LogP contribution in [0.1, 0.15) is 18.4 Å². The van der Waals surface area contributed by atoms with Gasteiger partial charge in [0.2, 0.25) is 0 Å². The number of nitrogens with two attached hydrogens (primary N) is 1. The summed E-state index contributed by atoms with van der Waals surface area (Å²) in [6, 6.07) is 10.5. The number of hydrogen-bond acceptors (Lipinski definition) is 2. The summed E-state index contributed by atoms with van der Waals surface area (Å²) in [6.45, 7) is 0. The van der Waals surface area contributed by atoms with Gasteiger partial charge in [-0.2, -0.15) is 0 Å². The molecule has 0 aliphatic heterocycles. The number of benzene rings is 1. The summed E-state index contributed by atoms with van der Waals surface area (Å²) in [5, 5.41) is 9.74. The summed E-state index contributed by atoms with van der Waals surface area (Å²) in [5.74, 6) is 0.354. The molecule has 0 unspecified atom stereocenters. The first-order valence-corrected chi connectivity index (χ1v) is 5.23. The maximum absolute atomic E-state index is 9.74. The number of rotatable bonds is 2. The summed E-state index contributed by atoms with van der Waals surface area (Å²) in [7, 11) is 0. The molecule has 3 atom stereocenters. The summed E-state index contributed by atoms with van der Waals surface area (Å²) in [4.78, 5) is 0. The van der Waals surface area contributed by atoms with Gasteiger partial charge in [0, 0.05) is 6.04 Å². The highest BCUT2D eigenvalue weighted by Crippen LogP contribution is 2.27. The topological polar surface area (TPSA) is 46.2 Å². The number of hydrogen-bond donors (Lipinski definition) is 2. The fourth-order valence-electron chi connectivity index (χ4n) is 2.28. The van der Waals surface area contributed by atoms with Gasteiger partial charge in [-0.15, -0.1) is 0 Å². The Hall–Kier alpha value is -0.860. The molecular formula is C12H17NO. The van der Waals surface area contributed by atoms with Crippen molar-refractivity contribution in [2.24, 2.45) is 11.7 Å². The van der Waals surface area contributed by atoms with Crippen LogP contribution in [0.3, 0.4) is 0 Å². The Labute approximate surface area is 84.7 Å². The van der Waals surface area contributed by atoms with E-state index in [0.717, 1.165) is 19.3 Å². The van der Waals surface area contributed by atoms with Gasteiger partial charge in [0.25, 0.3) is 0 Å². The van der Waals surface area contributed by atoms with Gasteiger partial charge in [0.15, 0.2) is 0 Å². The second-order valence-electron chi connectivity index (χ2n) is 4.25. The standard InChI is InChI=1S/C12H17NO/c13-11-7-10(12(14)8-11)6-9-4-2-1-3-5-9/h1-5,10-12,14H,6-8,13H2/t10-,11-,12-/m0/s1. The maximum Gasteiger partial charge on any atom is 0.0586 e. The van der Waals surface area contributed by atoms with Crippen LogP contribution >= 0.6 is 0 Å². The molecule has 1 saturated carbocycles. The van der Waals surface area contributed by atoms with Crippen molar-refractivity contribution in [3.05, 3.63) is 35.9 Å². The fraction of sp³-hybridized carbons (Fsp3) is 0.500. The van der Waals surface area contributed by atoms with E-state index in [2.05, 4.69) is 12.1 Å². The van der Waals surface area contributed by atoms with Crippen LogP contribution in [-0.2, 0) is 6.42 Å². The first-order chi connectivity index (χ1) is 6.75. The summed E-state index contributed by atoms with van der Waals surface area (Å²) in [6.07, 6.45) is 2.47. The zero-order valence-electron chi connectivity index (χ0n) is 8.26. The van der Waals surface area contributed by atoms with Gasteiger partial charge in [-0.3, -0.25) is 0 Å². The lowest BCUT2D eigenvalue weighted by atomic mass is 9.96. The molecule has 0 saturated heterocycles. The normalized spacial score (nSPS) is 32.0. The molecule has 0 bridgehead atoms. The van der Waals surface area contributed by atoms with Crippen molar-refractivity contribution < 1.29 is 5.11 Å². The Morgan fingerprint density at radius 1 is 1.21 bits per heavy atom. The third kappa shape index (κ3) is 2.14. The van der Waals surface area contributed by atoms with Crippen molar-refractivity contribution in [2.45, 2.75) is 31.4 Å². The summed E-state index contributed by atoms with van der Waals surface area (Å²) in [5.41, 5.74) is 7.11. The quantitative estimate of drug-likeness (QED) is 0.740. The molecule has 1 fully saturated rings. The highest BCUT2D eigenvalue weighted by molar-refractivity contribution is 5.16. The maximum atomic E-state index is 9.74. The molecule has 0 heterocycles. The first-order valence-electron chi connectivity index (χ1n) is 5.23. The van der Waals surface area contributed by atoms with E-state index in [0.29, 0.717) is 5.92 Å². The molecular weight excluding hydrogens is 174 g/mol. The van der Waals surface area contributed by atoms with Crippen LogP contribution in [0.4, 0.5) is 0 Å². The molecule has 0 aromatic heterocycles. The Balaban J connectivity index is 1.98. The highest BCUT2D eigenvalue weighted by atomic mass is 16.3. The van der Waals surface area contributed by atoms with Crippen LogP contribution in [0.5, 0.6) is 0 Å². The van der Waals surface area contributed by atoms with E-state index in [4.69, 9.17) is 5.73 Å². The molecule has 76 valence electrons. The molecule has 1 aromatic rings. The van der Waals surface area contributed by atoms with Crippen molar-refractivity contribution >= 4 is 0 Å². The second kappa shape index (κ2) is 4.11. The van der Waals surface area contributed by atoms with Crippen LogP contribution in [0, 0.1) is 5.92 Å². The van der Waals surface area contributed by atoms with Crippen molar-refractivity contribution in [2.75, 3.05) is 0 Å². The van der Waals surface area contributed by atoms with Gasteiger partial charge >= 0.3 is 0 Å². The minimum atomic E-state index is -0.204. The first kappa shape index (κ1) is 9.69. The molecule has 0 amide bonds. The van der Waals surface area contributed by atoms with Crippen molar-refractivity contribution in [1.82, 2.24) is 0 Å². The van der Waals surface area contributed by atoms with E-state index in [1.807, 2.05) is 18.2 Å². The molecule has 1 aromatic carbocycles. The van der Waals surface area contributed by atoms with E-state index in [1.54, 1.807) is 0 Å². The van der Waals surface area contributed by atoms with Crippen LogP contribution in [-0.4, -0.2) is 17.3 Å². The molecule has 2 nitrogen and oxygen atoms in total. The SMILES string of the molecule is N[C@H]1C[C@H](Cc2ccccc2)[C@@H](O)C1. The summed E-state index contributed by atoms with van der Waals surface area (Å²) >= 11 is 0. The predicted molar refractivity (Wildman–Crippen MR) is 56.9 cm³/mol. The van der Waals surface area contributed by atoms with E-state index < -0.39 is 0 Å². The lowest BCUT2D eigenvalue weighted by Crippen LogP contribution is -2.15. The molecule has 2 rings (SSSR count). The Morgan fingerprint density at radius 3 is 2.50 bits per heavy atom. The van der Waals surface area contributed by atoms with E-state index >= 15 is 0 Å². The molecule has 1 aliphatic carbocycles. The Morgan fingerprint density at radius 2 is 1.93 bits per heavy atom.